The van der Waals surface area contributed by atoms with Crippen LogP contribution in [0.2, 0.25) is 0 Å². The first-order valence-corrected chi connectivity index (χ1v) is 11.7. The summed E-state index contributed by atoms with van der Waals surface area (Å²) in [5.41, 5.74) is 3.28. The number of aryl methyl sites for hydroxylation is 1. The highest BCUT2D eigenvalue weighted by Crippen LogP contribution is 2.32. The van der Waals surface area contributed by atoms with E-state index in [1.54, 1.807) is 0 Å². The molecule has 0 N–H and O–H groups in total. The maximum Gasteiger partial charge on any atom is 0.430 e. The van der Waals surface area contributed by atoms with Gasteiger partial charge in [0.25, 0.3) is 5.89 Å². The van der Waals surface area contributed by atoms with E-state index in [2.05, 4.69) is 54.6 Å². The van der Waals surface area contributed by atoms with E-state index in [0.717, 1.165) is 41.6 Å². The Balaban J connectivity index is 1.46. The molecule has 1 fully saturated rings. The lowest BCUT2D eigenvalue weighted by molar-refractivity contribution is -0.612. The van der Waals surface area contributed by atoms with Gasteiger partial charge in [0.2, 0.25) is 5.82 Å². The molecule has 0 atom stereocenters. The lowest BCUT2D eigenvalue weighted by Gasteiger charge is -2.12. The van der Waals surface area contributed by atoms with Crippen molar-refractivity contribution in [2.24, 2.45) is 0 Å². The molecule has 0 spiro atoms. The van der Waals surface area contributed by atoms with E-state index in [9.17, 15) is 0 Å². The van der Waals surface area contributed by atoms with Crippen molar-refractivity contribution in [2.75, 3.05) is 0 Å². The van der Waals surface area contributed by atoms with Crippen molar-refractivity contribution in [1.82, 2.24) is 29.5 Å². The molecule has 2 aliphatic rings. The zero-order valence-electron chi connectivity index (χ0n) is 19.2. The van der Waals surface area contributed by atoms with Gasteiger partial charge in [0.15, 0.2) is 11.6 Å². The average Bonchev–Trinajstić information content (AvgIpc) is 3.59. The molecule has 9 heteroatoms. The number of nitrogens with zero attached hydrogens (tertiary/aromatic N) is 7. The van der Waals surface area contributed by atoms with Crippen LogP contribution in [0.1, 0.15) is 68.6 Å². The van der Waals surface area contributed by atoms with Crippen LogP contribution in [-0.2, 0) is 17.9 Å². The van der Waals surface area contributed by atoms with Crippen molar-refractivity contribution in [3.05, 3.63) is 53.7 Å². The van der Waals surface area contributed by atoms with Gasteiger partial charge in [0.1, 0.15) is 18.8 Å². The zero-order chi connectivity index (χ0) is 22.5. The number of ether oxygens (including phenoxy) is 1. The smallest absolute Gasteiger partial charge is 0.370 e. The molecule has 4 aromatic rings. The molecule has 0 unspecified atom stereocenters. The number of aromatic nitrogens is 7. The summed E-state index contributed by atoms with van der Waals surface area (Å²) in [6, 6.07) is 6.42. The van der Waals surface area contributed by atoms with Crippen LogP contribution >= 0.6 is 0 Å². The molecule has 1 aliphatic carbocycles. The first-order chi connectivity index (χ1) is 16.1. The van der Waals surface area contributed by atoms with Crippen LogP contribution in [0.3, 0.4) is 0 Å². The molecule has 0 saturated heterocycles. The molecule has 0 radical (unpaired) electrons. The molecule has 1 aromatic carbocycles. The van der Waals surface area contributed by atoms with E-state index in [-0.39, 0.29) is 5.92 Å². The van der Waals surface area contributed by atoms with E-state index in [4.69, 9.17) is 9.26 Å². The SMILES string of the molecule is Cc1ccc2c(c1)-c1nnc(COC3CCCC3)n1Cc1n-2cc[n+]1-c1noc(C(C)C)n1. The molecule has 0 bridgehead atoms. The summed E-state index contributed by atoms with van der Waals surface area (Å²) in [5, 5.41) is 13.4. The van der Waals surface area contributed by atoms with Gasteiger partial charge in [-0.05, 0) is 31.9 Å². The lowest BCUT2D eigenvalue weighted by atomic mass is 10.1. The summed E-state index contributed by atoms with van der Waals surface area (Å²) in [6.45, 7) is 7.21. The van der Waals surface area contributed by atoms with Gasteiger partial charge in [-0.3, -0.25) is 9.09 Å². The second kappa shape index (κ2) is 7.91. The molecule has 4 heterocycles. The second-order valence-electron chi connectivity index (χ2n) is 9.31. The molecule has 6 rings (SSSR count). The normalized spacial score (nSPS) is 15.5. The zero-order valence-corrected chi connectivity index (χ0v) is 19.2. The summed E-state index contributed by atoms with van der Waals surface area (Å²) in [7, 11) is 0. The summed E-state index contributed by atoms with van der Waals surface area (Å²) in [4.78, 5) is 4.62. The minimum Gasteiger partial charge on any atom is -0.370 e. The topological polar surface area (TPSA) is 87.7 Å². The fraction of sp³-hybridized carbons (Fsp3) is 0.458. The fourth-order valence-electron chi connectivity index (χ4n) is 4.77. The van der Waals surface area contributed by atoms with Gasteiger partial charge < -0.3 is 4.74 Å². The van der Waals surface area contributed by atoms with E-state index in [0.29, 0.717) is 31.1 Å². The summed E-state index contributed by atoms with van der Waals surface area (Å²) in [5.74, 6) is 4.00. The Kier molecular flexibility index (Phi) is 4.86. The van der Waals surface area contributed by atoms with Crippen molar-refractivity contribution in [1.29, 1.82) is 0 Å². The second-order valence-corrected chi connectivity index (χ2v) is 9.31. The Labute approximate surface area is 192 Å². The molecular formula is C24H28N7O2+. The molecule has 1 saturated carbocycles. The molecule has 1 aliphatic heterocycles. The largest absolute Gasteiger partial charge is 0.430 e. The summed E-state index contributed by atoms with van der Waals surface area (Å²) in [6.07, 6.45) is 9.09. The van der Waals surface area contributed by atoms with Gasteiger partial charge in [0, 0.05) is 5.92 Å². The highest BCUT2D eigenvalue weighted by atomic mass is 16.5. The Bertz CT molecular complexity index is 1310. The van der Waals surface area contributed by atoms with E-state index in [1.165, 1.54) is 18.4 Å². The van der Waals surface area contributed by atoms with Crippen molar-refractivity contribution < 1.29 is 13.8 Å². The van der Waals surface area contributed by atoms with Crippen LogP contribution in [0.15, 0.2) is 35.1 Å². The van der Waals surface area contributed by atoms with E-state index >= 15 is 0 Å². The van der Waals surface area contributed by atoms with Gasteiger partial charge in [-0.25, -0.2) is 4.57 Å². The van der Waals surface area contributed by atoms with Gasteiger partial charge in [-0.15, -0.1) is 10.2 Å². The Hall–Kier alpha value is -3.33. The van der Waals surface area contributed by atoms with Crippen molar-refractivity contribution in [3.63, 3.8) is 0 Å². The van der Waals surface area contributed by atoms with Crippen LogP contribution in [0.4, 0.5) is 0 Å². The minimum absolute atomic E-state index is 0.167. The molecule has 3 aromatic heterocycles. The highest BCUT2D eigenvalue weighted by Gasteiger charge is 2.31. The number of hydrogen-bond donors (Lipinski definition) is 0. The first-order valence-electron chi connectivity index (χ1n) is 11.7. The van der Waals surface area contributed by atoms with Crippen LogP contribution in [0, 0.1) is 6.92 Å². The molecule has 9 nitrogen and oxygen atoms in total. The summed E-state index contributed by atoms with van der Waals surface area (Å²) >= 11 is 0. The van der Waals surface area contributed by atoms with E-state index < -0.39 is 0 Å². The fourth-order valence-corrected chi connectivity index (χ4v) is 4.77. The van der Waals surface area contributed by atoms with Gasteiger partial charge in [0.05, 0.1) is 29.2 Å². The van der Waals surface area contributed by atoms with E-state index in [1.807, 2.05) is 30.8 Å². The molecule has 170 valence electrons. The maximum absolute atomic E-state index is 6.20. The number of hydrogen-bond acceptors (Lipinski definition) is 6. The average molecular weight is 447 g/mol. The van der Waals surface area contributed by atoms with Gasteiger partial charge in [-0.1, -0.05) is 43.3 Å². The predicted molar refractivity (Wildman–Crippen MR) is 119 cm³/mol. The number of benzene rings is 1. The van der Waals surface area contributed by atoms with Crippen LogP contribution in [-0.4, -0.2) is 35.6 Å². The quantitative estimate of drug-likeness (QED) is 0.383. The third-order valence-corrected chi connectivity index (χ3v) is 6.59. The van der Waals surface area contributed by atoms with Crippen molar-refractivity contribution in [2.45, 2.75) is 71.6 Å². The predicted octanol–water partition coefficient (Wildman–Crippen LogP) is 3.65. The highest BCUT2D eigenvalue weighted by molar-refractivity contribution is 5.70. The Morgan fingerprint density at radius 2 is 2.06 bits per heavy atom. The van der Waals surface area contributed by atoms with Crippen molar-refractivity contribution in [3.8, 4) is 23.0 Å². The maximum atomic E-state index is 6.20. The lowest BCUT2D eigenvalue weighted by Crippen LogP contribution is -2.37. The molecular weight excluding hydrogens is 418 g/mol. The van der Waals surface area contributed by atoms with Crippen molar-refractivity contribution >= 4 is 0 Å². The molecule has 33 heavy (non-hydrogen) atoms. The standard InChI is InChI=1S/C24H28N7O2/c1-15(2)23-25-24(28-33-23)30-11-10-29-19-9-8-16(3)12-18(19)22-27-26-20(31(22)13-21(29)30)14-32-17-6-4-5-7-17/h8-12,15,17H,4-7,13-14H2,1-3H3/q+1. The van der Waals surface area contributed by atoms with Gasteiger partial charge in [-0.2, -0.15) is 4.57 Å². The third-order valence-electron chi connectivity index (χ3n) is 6.59. The van der Waals surface area contributed by atoms with Crippen LogP contribution in [0.5, 0.6) is 0 Å². The number of fused-ring (bicyclic) bond motifs is 5. The monoisotopic (exact) mass is 446 g/mol. The Morgan fingerprint density at radius 1 is 1.21 bits per heavy atom. The van der Waals surface area contributed by atoms with Crippen LogP contribution < -0.4 is 4.57 Å². The number of imidazole rings is 1. The third kappa shape index (κ3) is 3.47. The minimum atomic E-state index is 0.167. The van der Waals surface area contributed by atoms with Crippen LogP contribution in [0.25, 0.3) is 23.0 Å². The number of rotatable bonds is 5. The first kappa shape index (κ1) is 20.3. The molecule has 0 amide bonds. The summed E-state index contributed by atoms with van der Waals surface area (Å²) < 4.78 is 18.0. The Morgan fingerprint density at radius 3 is 2.85 bits per heavy atom. The van der Waals surface area contributed by atoms with Gasteiger partial charge >= 0.3 is 5.95 Å².